The first kappa shape index (κ1) is 16.5. The van der Waals surface area contributed by atoms with Crippen molar-refractivity contribution >= 4 is 5.91 Å². The van der Waals surface area contributed by atoms with Crippen LogP contribution in [0.15, 0.2) is 53.5 Å². The van der Waals surface area contributed by atoms with Gasteiger partial charge in [0, 0.05) is 37.8 Å². The van der Waals surface area contributed by atoms with Crippen molar-refractivity contribution < 1.29 is 4.79 Å². The quantitative estimate of drug-likeness (QED) is 0.867. The number of likely N-dealkylation sites (tertiary alicyclic amines) is 1. The molecule has 24 heavy (non-hydrogen) atoms. The van der Waals surface area contributed by atoms with E-state index in [1.807, 2.05) is 11.0 Å². The molecule has 1 aliphatic heterocycles. The molecule has 0 saturated carbocycles. The van der Waals surface area contributed by atoms with E-state index in [1.54, 1.807) is 19.3 Å². The van der Waals surface area contributed by atoms with Crippen molar-refractivity contribution in [3.05, 3.63) is 70.1 Å². The molecule has 0 radical (unpaired) electrons. The first-order valence-electron chi connectivity index (χ1n) is 8.64. The molecule has 2 heterocycles. The molecule has 0 aliphatic carbocycles. The molecule has 0 unspecified atom stereocenters. The highest BCUT2D eigenvalue weighted by molar-refractivity contribution is 5.94. The van der Waals surface area contributed by atoms with E-state index in [0.717, 1.165) is 25.8 Å². The van der Waals surface area contributed by atoms with E-state index in [1.165, 1.54) is 16.2 Å². The van der Waals surface area contributed by atoms with Crippen LogP contribution in [0.4, 0.5) is 0 Å². The van der Waals surface area contributed by atoms with Gasteiger partial charge in [-0.3, -0.25) is 9.59 Å². The third kappa shape index (κ3) is 3.14. The lowest BCUT2D eigenvalue weighted by Crippen LogP contribution is -2.39. The van der Waals surface area contributed by atoms with Gasteiger partial charge in [0.25, 0.3) is 5.91 Å². The second-order valence-corrected chi connectivity index (χ2v) is 6.50. The summed E-state index contributed by atoms with van der Waals surface area (Å²) in [7, 11) is 1.68. The molecule has 1 amide bonds. The maximum atomic E-state index is 13.0. The highest BCUT2D eigenvalue weighted by Crippen LogP contribution is 2.34. The second kappa shape index (κ2) is 7.04. The summed E-state index contributed by atoms with van der Waals surface area (Å²) >= 11 is 0. The van der Waals surface area contributed by atoms with Crippen molar-refractivity contribution in [3.8, 4) is 0 Å². The highest BCUT2D eigenvalue weighted by atomic mass is 16.2. The number of amides is 1. The van der Waals surface area contributed by atoms with Gasteiger partial charge in [0.05, 0.1) is 5.56 Å². The van der Waals surface area contributed by atoms with Crippen LogP contribution < -0.4 is 5.56 Å². The molecule has 1 aromatic heterocycles. The van der Waals surface area contributed by atoms with Gasteiger partial charge in [-0.2, -0.15) is 0 Å². The summed E-state index contributed by atoms with van der Waals surface area (Å²) in [5.74, 6) is 0.382. The summed E-state index contributed by atoms with van der Waals surface area (Å²) < 4.78 is 1.47. The minimum Gasteiger partial charge on any atom is -0.335 e. The average molecular weight is 324 g/mol. The molecule has 1 saturated heterocycles. The lowest BCUT2D eigenvalue weighted by Gasteiger charge is -2.31. The lowest BCUT2D eigenvalue weighted by molar-refractivity contribution is 0.0713. The van der Waals surface area contributed by atoms with E-state index in [2.05, 4.69) is 31.2 Å². The van der Waals surface area contributed by atoms with Crippen molar-refractivity contribution in [2.24, 2.45) is 7.05 Å². The first-order chi connectivity index (χ1) is 11.6. The molecular formula is C20H24N2O2. The Hall–Kier alpha value is -2.36. The Labute approximate surface area is 142 Å². The number of rotatable bonds is 4. The molecule has 2 atom stereocenters. The zero-order chi connectivity index (χ0) is 17.1. The van der Waals surface area contributed by atoms with E-state index in [4.69, 9.17) is 0 Å². The molecule has 4 nitrogen and oxygen atoms in total. The van der Waals surface area contributed by atoms with E-state index in [-0.39, 0.29) is 17.5 Å². The van der Waals surface area contributed by atoms with Gasteiger partial charge in [-0.15, -0.1) is 0 Å². The van der Waals surface area contributed by atoms with E-state index < -0.39 is 0 Å². The number of aromatic nitrogens is 1. The Bertz CT molecular complexity index is 767. The van der Waals surface area contributed by atoms with Crippen LogP contribution in [0.25, 0.3) is 0 Å². The molecule has 4 heteroatoms. The molecule has 1 aliphatic rings. The molecule has 1 fully saturated rings. The number of benzene rings is 1. The van der Waals surface area contributed by atoms with Crippen LogP contribution in [0, 0.1) is 0 Å². The van der Waals surface area contributed by atoms with Gasteiger partial charge in [-0.05, 0) is 30.9 Å². The summed E-state index contributed by atoms with van der Waals surface area (Å²) in [6, 6.07) is 13.8. The van der Waals surface area contributed by atoms with Crippen LogP contribution in [0.1, 0.15) is 48.0 Å². The predicted octanol–water partition coefficient (Wildman–Crippen LogP) is 3.18. The highest BCUT2D eigenvalue weighted by Gasteiger charge is 2.35. The molecular weight excluding hydrogens is 300 g/mol. The van der Waals surface area contributed by atoms with E-state index in [0.29, 0.717) is 11.5 Å². The number of aryl methyl sites for hydroxylation is 1. The van der Waals surface area contributed by atoms with Crippen molar-refractivity contribution in [3.63, 3.8) is 0 Å². The Morgan fingerprint density at radius 1 is 1.21 bits per heavy atom. The molecule has 3 rings (SSSR count). The van der Waals surface area contributed by atoms with E-state index >= 15 is 0 Å². The van der Waals surface area contributed by atoms with Crippen LogP contribution in [-0.4, -0.2) is 28.0 Å². The topological polar surface area (TPSA) is 42.3 Å². The average Bonchev–Trinajstić information content (AvgIpc) is 3.08. The number of carbonyl (C=O) groups excluding carboxylic acids is 1. The normalized spacial score (nSPS) is 18.6. The van der Waals surface area contributed by atoms with E-state index in [9.17, 15) is 9.59 Å². The third-order valence-corrected chi connectivity index (χ3v) is 5.02. The van der Waals surface area contributed by atoms with Crippen molar-refractivity contribution in [1.29, 1.82) is 0 Å². The van der Waals surface area contributed by atoms with Crippen molar-refractivity contribution in [2.75, 3.05) is 6.54 Å². The molecule has 0 bridgehead atoms. The van der Waals surface area contributed by atoms with Crippen molar-refractivity contribution in [2.45, 2.75) is 38.1 Å². The standard InChI is InChI=1S/C20H24N2O2/c1-3-17(15-8-5-4-6-9-15)18-10-7-13-22(18)20(24)16-11-12-19(23)21(2)14-16/h4-6,8-9,11-12,14,17-18H,3,7,10,13H2,1-2H3/t17-,18+/m0/s1. The van der Waals surface area contributed by atoms with Gasteiger partial charge in [0.2, 0.25) is 5.56 Å². The first-order valence-corrected chi connectivity index (χ1v) is 8.64. The Morgan fingerprint density at radius 2 is 1.96 bits per heavy atom. The van der Waals surface area contributed by atoms with Crippen LogP contribution in [0.5, 0.6) is 0 Å². The number of carbonyl (C=O) groups is 1. The third-order valence-electron chi connectivity index (χ3n) is 5.02. The zero-order valence-electron chi connectivity index (χ0n) is 14.3. The van der Waals surface area contributed by atoms with Crippen LogP contribution >= 0.6 is 0 Å². The fraction of sp³-hybridized carbons (Fsp3) is 0.400. The summed E-state index contributed by atoms with van der Waals surface area (Å²) in [4.78, 5) is 26.5. The van der Waals surface area contributed by atoms with Crippen LogP contribution in [0.2, 0.25) is 0 Å². The number of pyridine rings is 1. The second-order valence-electron chi connectivity index (χ2n) is 6.50. The fourth-order valence-electron chi connectivity index (χ4n) is 3.78. The van der Waals surface area contributed by atoms with Gasteiger partial charge < -0.3 is 9.47 Å². The van der Waals surface area contributed by atoms with Gasteiger partial charge >= 0.3 is 0 Å². The van der Waals surface area contributed by atoms with Gasteiger partial charge in [-0.25, -0.2) is 0 Å². The summed E-state index contributed by atoms with van der Waals surface area (Å²) in [5, 5.41) is 0. The lowest BCUT2D eigenvalue weighted by atomic mass is 9.87. The Morgan fingerprint density at radius 3 is 2.62 bits per heavy atom. The van der Waals surface area contributed by atoms with Gasteiger partial charge in [0.15, 0.2) is 0 Å². The summed E-state index contributed by atoms with van der Waals surface area (Å²) in [5.41, 5.74) is 1.79. The Balaban J connectivity index is 1.88. The van der Waals surface area contributed by atoms with Crippen LogP contribution in [-0.2, 0) is 7.05 Å². The zero-order valence-corrected chi connectivity index (χ0v) is 14.3. The molecule has 0 spiro atoms. The largest absolute Gasteiger partial charge is 0.335 e. The SMILES string of the molecule is CC[C@@H](c1ccccc1)[C@H]1CCCN1C(=O)c1ccc(=O)n(C)c1. The molecule has 0 N–H and O–H groups in total. The van der Waals surface area contributed by atoms with Gasteiger partial charge in [-0.1, -0.05) is 37.3 Å². The minimum absolute atomic E-state index is 0.0301. The molecule has 2 aromatic rings. The summed E-state index contributed by atoms with van der Waals surface area (Å²) in [6.07, 6.45) is 4.71. The Kier molecular flexibility index (Phi) is 4.84. The van der Waals surface area contributed by atoms with Crippen molar-refractivity contribution in [1.82, 2.24) is 9.47 Å². The number of hydrogen-bond donors (Lipinski definition) is 0. The summed E-state index contributed by atoms with van der Waals surface area (Å²) in [6.45, 7) is 2.97. The van der Waals surface area contributed by atoms with Gasteiger partial charge in [0.1, 0.15) is 0 Å². The maximum absolute atomic E-state index is 13.0. The smallest absolute Gasteiger partial charge is 0.255 e. The molecule has 126 valence electrons. The number of hydrogen-bond acceptors (Lipinski definition) is 2. The van der Waals surface area contributed by atoms with Crippen LogP contribution in [0.3, 0.4) is 0 Å². The minimum atomic E-state index is -0.0970. The molecule has 1 aromatic carbocycles. The number of nitrogens with zero attached hydrogens (tertiary/aromatic N) is 2. The maximum Gasteiger partial charge on any atom is 0.255 e. The predicted molar refractivity (Wildman–Crippen MR) is 95.2 cm³/mol. The monoisotopic (exact) mass is 324 g/mol. The fourth-order valence-corrected chi connectivity index (χ4v) is 3.78.